The summed E-state index contributed by atoms with van der Waals surface area (Å²) in [6.45, 7) is 9.91. The Morgan fingerprint density at radius 1 is 0.957 bits per heavy atom. The molecule has 0 aliphatic rings. The molecular formula is C21H23NO. The minimum Gasteiger partial charge on any atom is -0.372 e. The summed E-state index contributed by atoms with van der Waals surface area (Å²) in [5, 5.41) is 0. The lowest BCUT2D eigenvalue weighted by Crippen LogP contribution is -2.21. The van der Waals surface area contributed by atoms with E-state index in [2.05, 4.69) is 25.3 Å². The summed E-state index contributed by atoms with van der Waals surface area (Å²) in [4.78, 5) is 14.5. The lowest BCUT2D eigenvalue weighted by atomic mass is 10.1. The Balaban J connectivity index is 2.07. The summed E-state index contributed by atoms with van der Waals surface area (Å²) < 4.78 is 0. The van der Waals surface area contributed by atoms with Gasteiger partial charge in [-0.3, -0.25) is 4.79 Å². The second-order valence-electron chi connectivity index (χ2n) is 5.29. The molecule has 2 nitrogen and oxygen atoms in total. The Labute approximate surface area is 138 Å². The van der Waals surface area contributed by atoms with Gasteiger partial charge >= 0.3 is 0 Å². The molecule has 2 aromatic carbocycles. The van der Waals surface area contributed by atoms with Gasteiger partial charge in [0.05, 0.1) is 0 Å². The third kappa shape index (κ3) is 4.43. The molecule has 0 saturated carbocycles. The molecule has 0 radical (unpaired) electrons. The highest BCUT2D eigenvalue weighted by Crippen LogP contribution is 2.16. The van der Waals surface area contributed by atoms with Gasteiger partial charge in [0.2, 0.25) is 0 Å². The first-order valence-electron chi connectivity index (χ1n) is 7.97. The number of nitrogens with zero attached hydrogens (tertiary/aromatic N) is 1. The molecule has 23 heavy (non-hydrogen) atoms. The topological polar surface area (TPSA) is 20.3 Å². The Bertz CT molecular complexity index is 677. The maximum Gasteiger partial charge on any atom is 0.185 e. The third-order valence-electron chi connectivity index (χ3n) is 3.88. The minimum absolute atomic E-state index is 0.0175. The highest BCUT2D eigenvalue weighted by molar-refractivity contribution is 6.07. The smallest absolute Gasteiger partial charge is 0.185 e. The zero-order chi connectivity index (χ0) is 16.7. The average Bonchev–Trinajstić information content (AvgIpc) is 2.61. The van der Waals surface area contributed by atoms with E-state index in [1.54, 1.807) is 12.2 Å². The molecular weight excluding hydrogens is 282 g/mol. The second kappa shape index (κ2) is 8.14. The van der Waals surface area contributed by atoms with E-state index >= 15 is 0 Å². The van der Waals surface area contributed by atoms with E-state index < -0.39 is 0 Å². The number of ketones is 1. The Morgan fingerprint density at radius 3 is 2.04 bits per heavy atom. The van der Waals surface area contributed by atoms with Crippen molar-refractivity contribution in [1.82, 2.24) is 0 Å². The summed E-state index contributed by atoms with van der Waals surface area (Å²) >= 11 is 0. The van der Waals surface area contributed by atoms with Crippen molar-refractivity contribution in [1.29, 1.82) is 0 Å². The first-order chi connectivity index (χ1) is 11.2. The molecule has 0 unspecified atom stereocenters. The maximum atomic E-state index is 12.2. The van der Waals surface area contributed by atoms with Crippen molar-refractivity contribution in [2.45, 2.75) is 13.8 Å². The van der Waals surface area contributed by atoms with Gasteiger partial charge in [-0.1, -0.05) is 43.0 Å². The average molecular weight is 305 g/mol. The number of hydrogen-bond acceptors (Lipinski definition) is 2. The van der Waals surface area contributed by atoms with Crippen LogP contribution in [-0.2, 0) is 0 Å². The Morgan fingerprint density at radius 2 is 1.52 bits per heavy atom. The van der Waals surface area contributed by atoms with Crippen LogP contribution in [-0.4, -0.2) is 18.9 Å². The Hall–Kier alpha value is -2.61. The fourth-order valence-electron chi connectivity index (χ4n) is 2.44. The number of rotatable bonds is 7. The van der Waals surface area contributed by atoms with Crippen molar-refractivity contribution in [3.8, 4) is 0 Å². The van der Waals surface area contributed by atoms with Crippen LogP contribution in [0.5, 0.6) is 0 Å². The molecule has 2 rings (SSSR count). The van der Waals surface area contributed by atoms with Gasteiger partial charge in [0.25, 0.3) is 0 Å². The number of anilines is 1. The van der Waals surface area contributed by atoms with Gasteiger partial charge in [0.1, 0.15) is 0 Å². The van der Waals surface area contributed by atoms with Gasteiger partial charge in [-0.2, -0.15) is 0 Å². The molecule has 0 bridgehead atoms. The van der Waals surface area contributed by atoms with E-state index in [1.807, 2.05) is 54.6 Å². The molecule has 0 aliphatic heterocycles. The fraction of sp³-hybridized carbons (Fsp3) is 0.190. The van der Waals surface area contributed by atoms with Crippen molar-refractivity contribution in [2.24, 2.45) is 0 Å². The van der Waals surface area contributed by atoms with Crippen LogP contribution >= 0.6 is 0 Å². The van der Waals surface area contributed by atoms with Crippen LogP contribution in [0.4, 0.5) is 5.69 Å². The van der Waals surface area contributed by atoms with E-state index in [-0.39, 0.29) is 5.78 Å². The molecule has 0 aromatic heterocycles. The molecule has 2 aromatic rings. The van der Waals surface area contributed by atoms with Crippen molar-refractivity contribution >= 4 is 23.6 Å². The largest absolute Gasteiger partial charge is 0.372 e. The predicted octanol–water partition coefficient (Wildman–Crippen LogP) is 5.07. The summed E-state index contributed by atoms with van der Waals surface area (Å²) in [6, 6.07) is 15.7. The van der Waals surface area contributed by atoms with Gasteiger partial charge in [-0.15, -0.1) is 0 Å². The first-order valence-corrected chi connectivity index (χ1v) is 7.97. The fourth-order valence-corrected chi connectivity index (χ4v) is 2.44. The molecule has 0 aliphatic carbocycles. The van der Waals surface area contributed by atoms with Crippen molar-refractivity contribution in [3.05, 3.63) is 77.9 Å². The molecule has 0 atom stereocenters. The SMILES string of the molecule is C=Cc1ccc(C=CC(=O)c2ccc(N(CC)CC)cc2)cc1. The van der Waals surface area contributed by atoms with E-state index in [4.69, 9.17) is 0 Å². The van der Waals surface area contributed by atoms with Gasteiger partial charge < -0.3 is 4.90 Å². The number of carbonyl (C=O) groups is 1. The molecule has 0 fully saturated rings. The highest BCUT2D eigenvalue weighted by atomic mass is 16.1. The van der Waals surface area contributed by atoms with Gasteiger partial charge in [-0.25, -0.2) is 0 Å². The molecule has 0 spiro atoms. The van der Waals surface area contributed by atoms with Gasteiger partial charge in [0.15, 0.2) is 5.78 Å². The maximum absolute atomic E-state index is 12.2. The van der Waals surface area contributed by atoms with Gasteiger partial charge in [0, 0.05) is 24.3 Å². The Kier molecular flexibility index (Phi) is 5.93. The van der Waals surface area contributed by atoms with Crippen LogP contribution in [0.2, 0.25) is 0 Å². The third-order valence-corrected chi connectivity index (χ3v) is 3.88. The summed E-state index contributed by atoms with van der Waals surface area (Å²) in [5.74, 6) is 0.0175. The predicted molar refractivity (Wildman–Crippen MR) is 99.9 cm³/mol. The number of carbonyl (C=O) groups excluding carboxylic acids is 1. The quantitative estimate of drug-likeness (QED) is 0.525. The van der Waals surface area contributed by atoms with Crippen LogP contribution in [0.1, 0.15) is 35.3 Å². The van der Waals surface area contributed by atoms with Crippen LogP contribution in [0.25, 0.3) is 12.2 Å². The zero-order valence-corrected chi connectivity index (χ0v) is 13.8. The van der Waals surface area contributed by atoms with E-state index in [9.17, 15) is 4.79 Å². The lowest BCUT2D eigenvalue weighted by Gasteiger charge is -2.20. The summed E-state index contributed by atoms with van der Waals surface area (Å²) in [7, 11) is 0. The molecule has 0 N–H and O–H groups in total. The second-order valence-corrected chi connectivity index (χ2v) is 5.29. The number of benzene rings is 2. The minimum atomic E-state index is 0.0175. The van der Waals surface area contributed by atoms with E-state index in [0.29, 0.717) is 5.56 Å². The standard InChI is InChI=1S/C21H23NO/c1-4-17-7-9-18(10-8-17)11-16-21(23)19-12-14-20(15-13-19)22(5-2)6-3/h4,7-16H,1,5-6H2,2-3H3. The van der Waals surface area contributed by atoms with Crippen molar-refractivity contribution in [2.75, 3.05) is 18.0 Å². The summed E-state index contributed by atoms with van der Waals surface area (Å²) in [5.41, 5.74) is 3.93. The number of allylic oxidation sites excluding steroid dienone is 1. The van der Waals surface area contributed by atoms with Gasteiger partial charge in [-0.05, 0) is 55.3 Å². The molecule has 2 heteroatoms. The molecule has 0 heterocycles. The van der Waals surface area contributed by atoms with E-state index in [0.717, 1.165) is 29.9 Å². The molecule has 0 amide bonds. The van der Waals surface area contributed by atoms with Crippen LogP contribution < -0.4 is 4.90 Å². The number of hydrogen-bond donors (Lipinski definition) is 0. The zero-order valence-electron chi connectivity index (χ0n) is 13.8. The first kappa shape index (κ1) is 16.8. The highest BCUT2D eigenvalue weighted by Gasteiger charge is 2.04. The lowest BCUT2D eigenvalue weighted by molar-refractivity contribution is 0.104. The normalized spacial score (nSPS) is 10.7. The molecule has 0 saturated heterocycles. The van der Waals surface area contributed by atoms with Crippen molar-refractivity contribution < 1.29 is 4.79 Å². The van der Waals surface area contributed by atoms with Crippen LogP contribution in [0.3, 0.4) is 0 Å². The molecule has 118 valence electrons. The monoisotopic (exact) mass is 305 g/mol. The van der Waals surface area contributed by atoms with Crippen molar-refractivity contribution in [3.63, 3.8) is 0 Å². The van der Waals surface area contributed by atoms with Crippen LogP contribution in [0, 0.1) is 0 Å². The summed E-state index contributed by atoms with van der Waals surface area (Å²) in [6.07, 6.45) is 5.26. The van der Waals surface area contributed by atoms with E-state index in [1.165, 1.54) is 0 Å². The van der Waals surface area contributed by atoms with Crippen LogP contribution in [0.15, 0.2) is 61.2 Å².